The van der Waals surface area contributed by atoms with Crippen molar-refractivity contribution in [2.75, 3.05) is 26.8 Å². The highest BCUT2D eigenvalue weighted by atomic mass is 16.5. The van der Waals surface area contributed by atoms with E-state index in [-0.39, 0.29) is 23.8 Å². The minimum Gasteiger partial charge on any atom is -0.493 e. The van der Waals surface area contributed by atoms with Gasteiger partial charge in [0.05, 0.1) is 19.8 Å². The normalized spacial score (nSPS) is 20.3. The van der Waals surface area contributed by atoms with E-state index in [1.165, 1.54) is 6.08 Å². The summed E-state index contributed by atoms with van der Waals surface area (Å²) in [5.41, 5.74) is 0.967. The van der Waals surface area contributed by atoms with Gasteiger partial charge in [-0.25, -0.2) is 0 Å². The minimum absolute atomic E-state index is 0.0522. The molecule has 1 unspecified atom stereocenters. The number of nitrogens with zero attached hydrogens (tertiary/aromatic N) is 1. The van der Waals surface area contributed by atoms with Gasteiger partial charge in [0.2, 0.25) is 11.8 Å². The van der Waals surface area contributed by atoms with Crippen LogP contribution >= 0.6 is 0 Å². The van der Waals surface area contributed by atoms with Crippen molar-refractivity contribution in [3.8, 4) is 11.5 Å². The largest absolute Gasteiger partial charge is 0.493 e. The highest BCUT2D eigenvalue weighted by Gasteiger charge is 2.30. The van der Waals surface area contributed by atoms with E-state index >= 15 is 0 Å². The van der Waals surface area contributed by atoms with E-state index in [0.717, 1.165) is 24.2 Å². The smallest absolute Gasteiger partial charge is 0.245 e. The van der Waals surface area contributed by atoms with Crippen molar-refractivity contribution in [1.29, 1.82) is 0 Å². The summed E-state index contributed by atoms with van der Waals surface area (Å²) in [6.45, 7) is 5.33. The summed E-state index contributed by atoms with van der Waals surface area (Å²) in [4.78, 5) is 26.2. The molecule has 2 heterocycles. The van der Waals surface area contributed by atoms with Gasteiger partial charge < -0.3 is 19.7 Å². The van der Waals surface area contributed by atoms with Crippen LogP contribution in [0.5, 0.6) is 11.5 Å². The molecule has 0 bridgehead atoms. The average molecular weight is 358 g/mol. The Morgan fingerprint density at radius 1 is 1.31 bits per heavy atom. The standard InChI is InChI=1S/C20H26N2O4/c1-3-18(23)22-11-9-14(10-12-22)20(24)21-16-7-5-13-26-19-15(16)6-4-8-17(19)25-2/h3-4,6,8,14,16H,1,5,7,9-13H2,2H3,(H,21,24). The number of amides is 2. The van der Waals surface area contributed by atoms with Crippen LogP contribution in [0.4, 0.5) is 0 Å². The van der Waals surface area contributed by atoms with Crippen molar-refractivity contribution < 1.29 is 19.1 Å². The first-order valence-corrected chi connectivity index (χ1v) is 9.15. The number of ether oxygens (including phenoxy) is 2. The van der Waals surface area contributed by atoms with E-state index in [2.05, 4.69) is 11.9 Å². The number of methoxy groups -OCH3 is 1. The van der Waals surface area contributed by atoms with Gasteiger partial charge in [0.1, 0.15) is 0 Å². The van der Waals surface area contributed by atoms with E-state index in [1.807, 2.05) is 18.2 Å². The Morgan fingerprint density at radius 2 is 2.08 bits per heavy atom. The first-order valence-electron chi connectivity index (χ1n) is 9.15. The highest BCUT2D eigenvalue weighted by Crippen LogP contribution is 2.38. The summed E-state index contributed by atoms with van der Waals surface area (Å²) in [5, 5.41) is 3.20. The van der Waals surface area contributed by atoms with Gasteiger partial charge in [-0.15, -0.1) is 0 Å². The molecule has 1 fully saturated rings. The number of hydrogen-bond acceptors (Lipinski definition) is 4. The number of nitrogens with one attached hydrogen (secondary N) is 1. The lowest BCUT2D eigenvalue weighted by Gasteiger charge is -2.31. The molecule has 2 aliphatic rings. The Balaban J connectivity index is 1.67. The third-order valence-corrected chi connectivity index (χ3v) is 5.16. The summed E-state index contributed by atoms with van der Waals surface area (Å²) < 4.78 is 11.3. The number of likely N-dealkylation sites (tertiary alicyclic amines) is 1. The lowest BCUT2D eigenvalue weighted by Crippen LogP contribution is -2.43. The predicted molar refractivity (Wildman–Crippen MR) is 98.1 cm³/mol. The van der Waals surface area contributed by atoms with Crippen molar-refractivity contribution >= 4 is 11.8 Å². The highest BCUT2D eigenvalue weighted by molar-refractivity contribution is 5.87. The summed E-state index contributed by atoms with van der Waals surface area (Å²) in [6, 6.07) is 5.70. The molecule has 6 heteroatoms. The molecule has 1 saturated heterocycles. The van der Waals surface area contributed by atoms with Gasteiger partial charge in [0, 0.05) is 24.6 Å². The van der Waals surface area contributed by atoms with Crippen LogP contribution in [0.2, 0.25) is 0 Å². The zero-order valence-electron chi connectivity index (χ0n) is 15.2. The summed E-state index contributed by atoms with van der Waals surface area (Å²) in [7, 11) is 1.62. The number of benzene rings is 1. The van der Waals surface area contributed by atoms with E-state index < -0.39 is 0 Å². The number of carbonyl (C=O) groups excluding carboxylic acids is 2. The van der Waals surface area contributed by atoms with Crippen LogP contribution in [0, 0.1) is 5.92 Å². The van der Waals surface area contributed by atoms with E-state index in [0.29, 0.717) is 38.3 Å². The molecule has 1 N–H and O–H groups in total. The van der Waals surface area contributed by atoms with Crippen molar-refractivity contribution in [2.45, 2.75) is 31.7 Å². The zero-order valence-corrected chi connectivity index (χ0v) is 15.2. The maximum absolute atomic E-state index is 12.8. The number of para-hydroxylation sites is 1. The van der Waals surface area contributed by atoms with Gasteiger partial charge in [-0.1, -0.05) is 18.7 Å². The van der Waals surface area contributed by atoms with Gasteiger partial charge in [-0.2, -0.15) is 0 Å². The fraction of sp³-hybridized carbons (Fsp3) is 0.500. The predicted octanol–water partition coefficient (Wildman–Crippen LogP) is 2.45. The van der Waals surface area contributed by atoms with Gasteiger partial charge in [-0.05, 0) is 37.8 Å². The van der Waals surface area contributed by atoms with Gasteiger partial charge in [0.15, 0.2) is 11.5 Å². The van der Waals surface area contributed by atoms with Crippen molar-refractivity contribution in [3.63, 3.8) is 0 Å². The summed E-state index contributed by atoms with van der Waals surface area (Å²) in [6.07, 6.45) is 4.39. The number of rotatable bonds is 4. The quantitative estimate of drug-likeness (QED) is 0.840. The molecule has 3 rings (SSSR count). The second-order valence-corrected chi connectivity index (χ2v) is 6.73. The molecule has 1 aromatic rings. The third-order valence-electron chi connectivity index (χ3n) is 5.16. The Labute approximate surface area is 154 Å². The first-order chi connectivity index (χ1) is 12.6. The lowest BCUT2D eigenvalue weighted by atomic mass is 9.94. The van der Waals surface area contributed by atoms with Crippen molar-refractivity contribution in [1.82, 2.24) is 10.2 Å². The van der Waals surface area contributed by atoms with Crippen LogP contribution in [0.3, 0.4) is 0 Å². The molecule has 26 heavy (non-hydrogen) atoms. The van der Waals surface area contributed by atoms with Crippen molar-refractivity contribution in [3.05, 3.63) is 36.4 Å². The van der Waals surface area contributed by atoms with Crippen LogP contribution in [0.1, 0.15) is 37.3 Å². The van der Waals surface area contributed by atoms with Gasteiger partial charge >= 0.3 is 0 Å². The molecule has 1 aromatic carbocycles. The fourth-order valence-corrected chi connectivity index (χ4v) is 3.67. The molecule has 0 spiro atoms. The number of carbonyl (C=O) groups is 2. The van der Waals surface area contributed by atoms with Crippen LogP contribution in [-0.4, -0.2) is 43.5 Å². The Bertz CT molecular complexity index is 680. The topological polar surface area (TPSA) is 67.9 Å². The van der Waals surface area contributed by atoms with E-state index in [9.17, 15) is 9.59 Å². The molecule has 1 atom stereocenters. The molecule has 0 aliphatic carbocycles. The molecule has 0 radical (unpaired) electrons. The third kappa shape index (κ3) is 3.84. The van der Waals surface area contributed by atoms with E-state index in [1.54, 1.807) is 12.0 Å². The molecular weight excluding hydrogens is 332 g/mol. The fourth-order valence-electron chi connectivity index (χ4n) is 3.67. The van der Waals surface area contributed by atoms with Crippen LogP contribution in [0.15, 0.2) is 30.9 Å². The molecular formula is C20H26N2O4. The lowest BCUT2D eigenvalue weighted by molar-refractivity contribution is -0.132. The van der Waals surface area contributed by atoms with Crippen LogP contribution < -0.4 is 14.8 Å². The Hall–Kier alpha value is -2.50. The Kier molecular flexibility index (Phi) is 5.81. The second kappa shape index (κ2) is 8.25. The van der Waals surface area contributed by atoms with Gasteiger partial charge in [-0.3, -0.25) is 9.59 Å². The second-order valence-electron chi connectivity index (χ2n) is 6.73. The molecule has 0 aromatic heterocycles. The number of piperidine rings is 1. The molecule has 6 nitrogen and oxygen atoms in total. The molecule has 0 saturated carbocycles. The first kappa shape index (κ1) is 18.3. The summed E-state index contributed by atoms with van der Waals surface area (Å²) in [5.74, 6) is 1.34. The number of hydrogen-bond donors (Lipinski definition) is 1. The van der Waals surface area contributed by atoms with Crippen molar-refractivity contribution in [2.24, 2.45) is 5.92 Å². The number of fused-ring (bicyclic) bond motifs is 1. The maximum Gasteiger partial charge on any atom is 0.245 e. The van der Waals surface area contributed by atoms with Crippen LogP contribution in [-0.2, 0) is 9.59 Å². The SMILES string of the molecule is C=CC(=O)N1CCC(C(=O)NC2CCCOc3c(OC)cccc32)CC1. The van der Waals surface area contributed by atoms with E-state index in [4.69, 9.17) is 9.47 Å². The van der Waals surface area contributed by atoms with Gasteiger partial charge in [0.25, 0.3) is 0 Å². The molecule has 2 aliphatic heterocycles. The maximum atomic E-state index is 12.8. The minimum atomic E-state index is -0.0806. The molecule has 140 valence electrons. The molecule has 2 amide bonds. The average Bonchev–Trinajstić information content (AvgIpc) is 2.89. The monoisotopic (exact) mass is 358 g/mol. The Morgan fingerprint density at radius 3 is 2.77 bits per heavy atom. The zero-order chi connectivity index (χ0) is 18.5. The summed E-state index contributed by atoms with van der Waals surface area (Å²) >= 11 is 0. The van der Waals surface area contributed by atoms with Crippen LogP contribution in [0.25, 0.3) is 0 Å².